The van der Waals surface area contributed by atoms with Crippen LogP contribution in [0.25, 0.3) is 5.78 Å². The number of ether oxygens (including phenoxy) is 2. The van der Waals surface area contributed by atoms with Crippen molar-refractivity contribution in [3.8, 4) is 5.75 Å². The molecule has 3 rings (SSSR count). The number of hydrogen-bond acceptors (Lipinski definition) is 8. The molecular weight excluding hydrogens is 392 g/mol. The molecule has 29 heavy (non-hydrogen) atoms. The van der Waals surface area contributed by atoms with Crippen LogP contribution in [0, 0.1) is 13.8 Å². The molecule has 0 unspecified atom stereocenters. The lowest BCUT2D eigenvalue weighted by molar-refractivity contribution is -0.145. The van der Waals surface area contributed by atoms with Gasteiger partial charge in [-0.2, -0.15) is 4.98 Å². The summed E-state index contributed by atoms with van der Waals surface area (Å²) in [5.41, 5.74) is 2.62. The minimum atomic E-state index is -0.900. The van der Waals surface area contributed by atoms with Crippen LogP contribution in [0.2, 0.25) is 0 Å². The van der Waals surface area contributed by atoms with E-state index in [0.717, 1.165) is 5.69 Å². The number of ketones is 1. The lowest BCUT2D eigenvalue weighted by atomic mass is 10.1. The fourth-order valence-electron chi connectivity index (χ4n) is 2.96. The maximum atomic E-state index is 12.5. The van der Waals surface area contributed by atoms with E-state index in [4.69, 9.17) is 9.47 Å². The lowest BCUT2D eigenvalue weighted by Gasteiger charge is -2.14. The quantitative estimate of drug-likeness (QED) is 0.331. The summed E-state index contributed by atoms with van der Waals surface area (Å²) < 4.78 is 12.1. The fraction of sp³-hybridized carbons (Fsp3) is 0.350. The molecule has 2 aromatic heterocycles. The molecule has 0 bridgehead atoms. The number of rotatable bonds is 7. The lowest BCUT2D eigenvalue weighted by Crippen LogP contribution is -2.26. The van der Waals surface area contributed by atoms with Gasteiger partial charge in [-0.25, -0.2) is 9.50 Å². The second-order valence-electron chi connectivity index (χ2n) is 6.47. The zero-order valence-corrected chi connectivity index (χ0v) is 17.7. The van der Waals surface area contributed by atoms with Crippen LogP contribution in [0.15, 0.2) is 29.4 Å². The van der Waals surface area contributed by atoms with Gasteiger partial charge in [-0.05, 0) is 51.3 Å². The zero-order valence-electron chi connectivity index (χ0n) is 16.9. The maximum Gasteiger partial charge on any atom is 0.311 e. The van der Waals surface area contributed by atoms with Crippen LogP contribution in [-0.4, -0.2) is 50.8 Å². The molecule has 0 fully saturated rings. The van der Waals surface area contributed by atoms with Crippen molar-refractivity contribution in [3.05, 3.63) is 46.8 Å². The summed E-state index contributed by atoms with van der Waals surface area (Å²) in [6.07, 6.45) is 0.980. The van der Waals surface area contributed by atoms with Gasteiger partial charge in [-0.1, -0.05) is 11.8 Å². The van der Waals surface area contributed by atoms with Crippen LogP contribution in [-0.2, 0) is 16.0 Å². The number of benzene rings is 1. The van der Waals surface area contributed by atoms with E-state index in [1.165, 1.54) is 11.8 Å². The molecule has 152 valence electrons. The predicted octanol–water partition coefficient (Wildman–Crippen LogP) is 2.83. The van der Waals surface area contributed by atoms with Crippen molar-refractivity contribution in [1.82, 2.24) is 19.6 Å². The summed E-state index contributed by atoms with van der Waals surface area (Å²) in [6.45, 7) is 5.23. The van der Waals surface area contributed by atoms with Crippen molar-refractivity contribution in [3.63, 3.8) is 0 Å². The van der Waals surface area contributed by atoms with Gasteiger partial charge in [0.05, 0.1) is 13.5 Å². The maximum absolute atomic E-state index is 12.5. The van der Waals surface area contributed by atoms with Gasteiger partial charge in [0.2, 0.25) is 10.9 Å². The first-order chi connectivity index (χ1) is 13.8. The third-order valence-electron chi connectivity index (χ3n) is 4.59. The van der Waals surface area contributed by atoms with Gasteiger partial charge in [-0.15, -0.1) is 5.10 Å². The molecule has 0 N–H and O–H groups in total. The number of hydrogen-bond donors (Lipinski definition) is 0. The van der Waals surface area contributed by atoms with Gasteiger partial charge >= 0.3 is 5.97 Å². The second-order valence-corrected chi connectivity index (χ2v) is 7.25. The molecule has 0 amide bonds. The number of carbonyl (C=O) groups excluding carboxylic acids is 2. The Bertz CT molecular complexity index is 1060. The molecule has 0 saturated carbocycles. The molecule has 3 aromatic rings. The second kappa shape index (κ2) is 8.60. The number of fused-ring (bicyclic) bond motifs is 1. The highest BCUT2D eigenvalue weighted by Crippen LogP contribution is 2.18. The third kappa shape index (κ3) is 4.40. The van der Waals surface area contributed by atoms with E-state index in [-0.39, 0.29) is 12.2 Å². The number of methoxy groups -OCH3 is 1. The highest BCUT2D eigenvalue weighted by Gasteiger charge is 2.22. The number of aromatic nitrogens is 4. The Morgan fingerprint density at radius 1 is 1.17 bits per heavy atom. The van der Waals surface area contributed by atoms with E-state index in [9.17, 15) is 9.59 Å². The third-order valence-corrected chi connectivity index (χ3v) is 5.12. The molecule has 1 atom stereocenters. The van der Waals surface area contributed by atoms with E-state index in [1.807, 2.05) is 20.1 Å². The van der Waals surface area contributed by atoms with E-state index >= 15 is 0 Å². The first kappa shape index (κ1) is 20.8. The minimum absolute atomic E-state index is 0.00466. The van der Waals surface area contributed by atoms with Gasteiger partial charge in [0.25, 0.3) is 5.78 Å². The van der Waals surface area contributed by atoms with Gasteiger partial charge in [0.15, 0.2) is 6.10 Å². The summed E-state index contributed by atoms with van der Waals surface area (Å²) in [5.74, 6) is 0.364. The van der Waals surface area contributed by atoms with Crippen molar-refractivity contribution in [2.24, 2.45) is 0 Å². The van der Waals surface area contributed by atoms with Crippen molar-refractivity contribution >= 4 is 29.3 Å². The van der Waals surface area contributed by atoms with Gasteiger partial charge in [0.1, 0.15) is 5.75 Å². The van der Waals surface area contributed by atoms with Crippen LogP contribution in [0.1, 0.15) is 34.2 Å². The Hall–Kier alpha value is -2.94. The number of nitrogens with zero attached hydrogens (tertiary/aromatic N) is 4. The standard InChI is InChI=1S/C20H22N4O4S/c1-11-16(12(2)24-19(21-11)22-20(23-24)29-5)10-17(25)28-13(3)18(26)14-6-8-15(27-4)9-7-14/h6-9,13H,10H2,1-5H3/t13-/m1/s1. The monoisotopic (exact) mass is 414 g/mol. The number of Topliss-reactive ketones (excluding diaryl/α,β-unsaturated/α-hetero) is 1. The molecule has 9 heteroatoms. The van der Waals surface area contributed by atoms with E-state index in [2.05, 4.69) is 15.1 Å². The van der Waals surface area contributed by atoms with Crippen LogP contribution in [0.4, 0.5) is 0 Å². The van der Waals surface area contributed by atoms with Crippen molar-refractivity contribution < 1.29 is 19.1 Å². The van der Waals surface area contributed by atoms with Crippen molar-refractivity contribution in [2.75, 3.05) is 13.4 Å². The molecule has 0 saturated heterocycles. The summed E-state index contributed by atoms with van der Waals surface area (Å²) in [5, 5.41) is 4.98. The normalized spacial score (nSPS) is 12.0. The summed E-state index contributed by atoms with van der Waals surface area (Å²) in [7, 11) is 1.55. The predicted molar refractivity (Wildman–Crippen MR) is 109 cm³/mol. The SMILES string of the molecule is COc1ccc(C(=O)[C@@H](C)OC(=O)Cc2c(C)nc3nc(SC)nn3c2C)cc1. The topological polar surface area (TPSA) is 95.7 Å². The van der Waals surface area contributed by atoms with E-state index in [1.54, 1.807) is 42.8 Å². The molecule has 0 spiro atoms. The van der Waals surface area contributed by atoms with Gasteiger partial charge in [-0.3, -0.25) is 9.59 Å². The summed E-state index contributed by atoms with van der Waals surface area (Å²) >= 11 is 1.42. The number of aryl methyl sites for hydroxylation is 2. The summed E-state index contributed by atoms with van der Waals surface area (Å²) in [4.78, 5) is 33.8. The molecule has 8 nitrogen and oxygen atoms in total. The molecule has 1 aromatic carbocycles. The number of thioether (sulfide) groups is 1. The average Bonchev–Trinajstić information content (AvgIpc) is 3.13. The Morgan fingerprint density at radius 2 is 1.86 bits per heavy atom. The molecule has 0 radical (unpaired) electrons. The van der Waals surface area contributed by atoms with E-state index < -0.39 is 12.1 Å². The molecule has 0 aliphatic heterocycles. The van der Waals surface area contributed by atoms with Crippen LogP contribution in [0.5, 0.6) is 5.75 Å². The van der Waals surface area contributed by atoms with Gasteiger partial charge < -0.3 is 9.47 Å². The first-order valence-electron chi connectivity index (χ1n) is 8.98. The fourth-order valence-corrected chi connectivity index (χ4v) is 3.30. The Labute approximate surface area is 172 Å². The zero-order chi connectivity index (χ0) is 21.1. The highest BCUT2D eigenvalue weighted by atomic mass is 32.2. The average molecular weight is 414 g/mol. The molecule has 0 aliphatic rings. The van der Waals surface area contributed by atoms with E-state index in [0.29, 0.717) is 33.5 Å². The summed E-state index contributed by atoms with van der Waals surface area (Å²) in [6, 6.07) is 6.67. The van der Waals surface area contributed by atoms with Crippen LogP contribution in [0.3, 0.4) is 0 Å². The Balaban J connectivity index is 1.73. The van der Waals surface area contributed by atoms with Crippen molar-refractivity contribution in [2.45, 2.75) is 38.5 Å². The first-order valence-corrected chi connectivity index (χ1v) is 10.2. The minimum Gasteiger partial charge on any atom is -0.497 e. The van der Waals surface area contributed by atoms with Crippen molar-refractivity contribution in [1.29, 1.82) is 0 Å². The number of esters is 1. The molecule has 0 aliphatic carbocycles. The number of carbonyl (C=O) groups is 2. The smallest absolute Gasteiger partial charge is 0.311 e. The van der Waals surface area contributed by atoms with Crippen LogP contribution < -0.4 is 4.74 Å². The Kier molecular flexibility index (Phi) is 6.17. The van der Waals surface area contributed by atoms with Gasteiger partial charge in [0, 0.05) is 22.5 Å². The Morgan fingerprint density at radius 3 is 2.48 bits per heavy atom. The molecule has 2 heterocycles. The largest absolute Gasteiger partial charge is 0.497 e. The molecular formula is C20H22N4O4S. The highest BCUT2D eigenvalue weighted by molar-refractivity contribution is 7.98. The van der Waals surface area contributed by atoms with Crippen LogP contribution >= 0.6 is 11.8 Å².